The number of nitrogens with zero attached hydrogens (tertiary/aromatic N) is 4. The number of anilines is 1. The average molecular weight is 383 g/mol. The van der Waals surface area contributed by atoms with Crippen molar-refractivity contribution >= 4 is 5.69 Å². The van der Waals surface area contributed by atoms with Gasteiger partial charge in [0.05, 0.1) is 0 Å². The Balaban J connectivity index is 1.08. The smallest absolute Gasteiger partial charge is 0.0367 e. The van der Waals surface area contributed by atoms with E-state index in [4.69, 9.17) is 0 Å². The maximum Gasteiger partial charge on any atom is 0.0367 e. The van der Waals surface area contributed by atoms with Gasteiger partial charge in [0.2, 0.25) is 0 Å². The lowest BCUT2D eigenvalue weighted by Gasteiger charge is -2.35. The van der Waals surface area contributed by atoms with E-state index in [0.717, 1.165) is 31.6 Å². The largest absolute Gasteiger partial charge is 0.369 e. The number of piperazine rings is 1. The SMILES string of the molecule is CN1CCN(c2ccc(CN3CCC4(CC3)CC4CN(C)C3CC3)cc2)CC1. The highest BCUT2D eigenvalue weighted by Gasteiger charge is 2.55. The van der Waals surface area contributed by atoms with Crippen molar-refractivity contribution in [2.24, 2.45) is 11.3 Å². The summed E-state index contributed by atoms with van der Waals surface area (Å²) in [6, 6.07) is 10.3. The summed E-state index contributed by atoms with van der Waals surface area (Å²) in [6.45, 7) is 9.74. The Hall–Kier alpha value is -1.10. The van der Waals surface area contributed by atoms with Gasteiger partial charge in [-0.15, -0.1) is 0 Å². The zero-order valence-corrected chi connectivity index (χ0v) is 17.9. The van der Waals surface area contributed by atoms with Crippen LogP contribution in [0, 0.1) is 11.3 Å². The molecular formula is C24H38N4. The fraction of sp³-hybridized carbons (Fsp3) is 0.750. The molecule has 2 saturated heterocycles. The van der Waals surface area contributed by atoms with Crippen molar-refractivity contribution in [1.29, 1.82) is 0 Å². The zero-order chi connectivity index (χ0) is 19.1. The van der Waals surface area contributed by atoms with E-state index in [1.165, 1.54) is 76.1 Å². The molecule has 28 heavy (non-hydrogen) atoms. The molecule has 1 aromatic carbocycles. The van der Waals surface area contributed by atoms with Crippen LogP contribution in [0.2, 0.25) is 0 Å². The molecule has 2 aliphatic heterocycles. The van der Waals surface area contributed by atoms with Crippen LogP contribution in [0.3, 0.4) is 0 Å². The molecule has 0 bridgehead atoms. The summed E-state index contributed by atoms with van der Waals surface area (Å²) in [7, 11) is 4.57. The monoisotopic (exact) mass is 382 g/mol. The molecule has 1 unspecified atom stereocenters. The fourth-order valence-electron chi connectivity index (χ4n) is 5.61. The first kappa shape index (κ1) is 18.9. The summed E-state index contributed by atoms with van der Waals surface area (Å²) in [5, 5.41) is 0. The Morgan fingerprint density at radius 2 is 1.64 bits per heavy atom. The van der Waals surface area contributed by atoms with Gasteiger partial charge in [-0.3, -0.25) is 4.90 Å². The molecule has 2 saturated carbocycles. The molecule has 0 N–H and O–H groups in total. The van der Waals surface area contributed by atoms with E-state index in [2.05, 4.69) is 58.0 Å². The van der Waals surface area contributed by atoms with Crippen molar-refractivity contribution < 1.29 is 0 Å². The van der Waals surface area contributed by atoms with Crippen LogP contribution in [0.25, 0.3) is 0 Å². The first-order valence-corrected chi connectivity index (χ1v) is 11.6. The van der Waals surface area contributed by atoms with E-state index in [1.54, 1.807) is 0 Å². The number of hydrogen-bond donors (Lipinski definition) is 0. The minimum atomic E-state index is 0.713. The lowest BCUT2D eigenvalue weighted by atomic mass is 9.90. The van der Waals surface area contributed by atoms with Crippen molar-refractivity contribution in [2.75, 3.05) is 64.8 Å². The molecule has 0 amide bonds. The Kier molecular flexibility index (Phi) is 5.14. The normalized spacial score (nSPS) is 28.2. The first-order chi connectivity index (χ1) is 13.6. The molecule has 154 valence electrons. The minimum absolute atomic E-state index is 0.713. The summed E-state index contributed by atoms with van der Waals surface area (Å²) in [4.78, 5) is 10.3. The van der Waals surface area contributed by atoms with E-state index in [0.29, 0.717) is 5.41 Å². The van der Waals surface area contributed by atoms with Crippen LogP contribution >= 0.6 is 0 Å². The van der Waals surface area contributed by atoms with E-state index in [1.807, 2.05) is 0 Å². The predicted molar refractivity (Wildman–Crippen MR) is 117 cm³/mol. The highest BCUT2D eigenvalue weighted by atomic mass is 15.2. The molecule has 0 aromatic heterocycles. The van der Waals surface area contributed by atoms with Gasteiger partial charge in [-0.1, -0.05) is 12.1 Å². The molecule has 1 spiro atoms. The second-order valence-corrected chi connectivity index (χ2v) is 10.2. The molecule has 4 heteroatoms. The van der Waals surface area contributed by atoms with Gasteiger partial charge in [0.1, 0.15) is 0 Å². The minimum Gasteiger partial charge on any atom is -0.369 e. The Morgan fingerprint density at radius 1 is 0.964 bits per heavy atom. The summed E-state index contributed by atoms with van der Waals surface area (Å²) in [6.07, 6.45) is 7.23. The van der Waals surface area contributed by atoms with Gasteiger partial charge in [0.15, 0.2) is 0 Å². The molecule has 2 heterocycles. The van der Waals surface area contributed by atoms with Crippen molar-refractivity contribution in [3.8, 4) is 0 Å². The maximum absolute atomic E-state index is 2.69. The highest BCUT2D eigenvalue weighted by Crippen LogP contribution is 2.59. The van der Waals surface area contributed by atoms with Crippen LogP contribution in [0.4, 0.5) is 5.69 Å². The van der Waals surface area contributed by atoms with Crippen molar-refractivity contribution in [3.63, 3.8) is 0 Å². The van der Waals surface area contributed by atoms with Crippen LogP contribution in [0.1, 0.15) is 37.7 Å². The molecule has 1 atom stereocenters. The molecule has 5 rings (SSSR count). The topological polar surface area (TPSA) is 13.0 Å². The van der Waals surface area contributed by atoms with Crippen LogP contribution < -0.4 is 4.90 Å². The summed E-state index contributed by atoms with van der Waals surface area (Å²) in [5.41, 5.74) is 3.59. The fourth-order valence-corrected chi connectivity index (χ4v) is 5.61. The van der Waals surface area contributed by atoms with Gasteiger partial charge in [-0.25, -0.2) is 0 Å². The van der Waals surface area contributed by atoms with E-state index < -0.39 is 0 Å². The number of likely N-dealkylation sites (tertiary alicyclic amines) is 1. The third kappa shape index (κ3) is 4.10. The first-order valence-electron chi connectivity index (χ1n) is 11.6. The van der Waals surface area contributed by atoms with Gasteiger partial charge < -0.3 is 14.7 Å². The van der Waals surface area contributed by atoms with Crippen LogP contribution in [0.15, 0.2) is 24.3 Å². The molecule has 1 aromatic rings. The molecule has 0 radical (unpaired) electrons. The van der Waals surface area contributed by atoms with Gasteiger partial charge in [-0.05, 0) is 88.3 Å². The van der Waals surface area contributed by atoms with Crippen molar-refractivity contribution in [2.45, 2.75) is 44.7 Å². The standard InChI is InChI=1S/C24H38N4/c1-25-13-15-28(16-14-25)23-5-3-20(4-6-23)18-27-11-9-24(10-12-27)17-21(24)19-26(2)22-7-8-22/h3-6,21-22H,7-19H2,1-2H3. The van der Waals surface area contributed by atoms with Gasteiger partial charge >= 0.3 is 0 Å². The quantitative estimate of drug-likeness (QED) is 0.749. The highest BCUT2D eigenvalue weighted by molar-refractivity contribution is 5.48. The number of hydrogen-bond acceptors (Lipinski definition) is 4. The van der Waals surface area contributed by atoms with E-state index in [-0.39, 0.29) is 0 Å². The predicted octanol–water partition coefficient (Wildman–Crippen LogP) is 3.13. The Bertz CT molecular complexity index is 652. The van der Waals surface area contributed by atoms with Gasteiger partial charge in [0, 0.05) is 51.0 Å². The molecule has 2 aliphatic carbocycles. The second-order valence-electron chi connectivity index (χ2n) is 10.2. The lowest BCUT2D eigenvalue weighted by molar-refractivity contribution is 0.149. The molecule has 4 nitrogen and oxygen atoms in total. The van der Waals surface area contributed by atoms with Crippen LogP contribution in [0.5, 0.6) is 0 Å². The molecule has 4 aliphatic rings. The third-order valence-electron chi connectivity index (χ3n) is 8.10. The number of benzene rings is 1. The van der Waals surface area contributed by atoms with Crippen molar-refractivity contribution in [1.82, 2.24) is 14.7 Å². The average Bonchev–Trinajstić information content (AvgIpc) is 3.63. The van der Waals surface area contributed by atoms with Crippen molar-refractivity contribution in [3.05, 3.63) is 29.8 Å². The van der Waals surface area contributed by atoms with Crippen LogP contribution in [-0.2, 0) is 6.54 Å². The maximum atomic E-state index is 2.69. The van der Waals surface area contributed by atoms with Crippen LogP contribution in [-0.4, -0.2) is 80.7 Å². The number of rotatable bonds is 6. The van der Waals surface area contributed by atoms with Gasteiger partial charge in [-0.2, -0.15) is 0 Å². The van der Waals surface area contributed by atoms with E-state index >= 15 is 0 Å². The number of likely N-dealkylation sites (N-methyl/N-ethyl adjacent to an activating group) is 1. The summed E-state index contributed by atoms with van der Waals surface area (Å²) < 4.78 is 0. The molecule has 4 fully saturated rings. The number of piperidine rings is 1. The molecular weight excluding hydrogens is 344 g/mol. The second kappa shape index (κ2) is 7.62. The Labute approximate surface area is 171 Å². The summed E-state index contributed by atoms with van der Waals surface area (Å²) >= 11 is 0. The third-order valence-corrected chi connectivity index (χ3v) is 8.10. The lowest BCUT2D eigenvalue weighted by Crippen LogP contribution is -2.44. The van der Waals surface area contributed by atoms with Gasteiger partial charge in [0.25, 0.3) is 0 Å². The van der Waals surface area contributed by atoms with E-state index in [9.17, 15) is 0 Å². The Morgan fingerprint density at radius 3 is 2.29 bits per heavy atom. The zero-order valence-electron chi connectivity index (χ0n) is 17.9. The summed E-state index contributed by atoms with van der Waals surface area (Å²) in [5.74, 6) is 0.989.